The fraction of sp³-hybridized carbons (Fsp3) is 0.250. The summed E-state index contributed by atoms with van der Waals surface area (Å²) in [5.74, 6) is 1.52. The van der Waals surface area contributed by atoms with Crippen LogP contribution in [0.5, 0.6) is 5.75 Å². The highest BCUT2D eigenvalue weighted by atomic mass is 16.5. The van der Waals surface area contributed by atoms with Crippen molar-refractivity contribution in [2.75, 3.05) is 18.8 Å². The van der Waals surface area contributed by atoms with Crippen LogP contribution in [0, 0.1) is 0 Å². The van der Waals surface area contributed by atoms with Gasteiger partial charge >= 0.3 is 0 Å². The van der Waals surface area contributed by atoms with Gasteiger partial charge in [0.15, 0.2) is 0 Å². The minimum atomic E-state index is 0.327. The molecule has 2 heterocycles. The third-order valence-electron chi connectivity index (χ3n) is 4.57. The number of aromatic nitrogens is 1. The molecule has 0 bridgehead atoms. The molecule has 4 rings (SSSR count). The number of nitrogen functional groups attached to an aromatic ring is 1. The van der Waals surface area contributed by atoms with Crippen molar-refractivity contribution in [3.05, 3.63) is 54.7 Å². The minimum Gasteiger partial charge on any atom is -0.490 e. The molecule has 3 N–H and O–H groups in total. The van der Waals surface area contributed by atoms with Gasteiger partial charge in [-0.2, -0.15) is 0 Å². The molecule has 1 fully saturated rings. The molecule has 0 unspecified atom stereocenters. The minimum absolute atomic E-state index is 0.327. The number of fused-ring (bicyclic) bond motifs is 1. The molecule has 1 aromatic heterocycles. The van der Waals surface area contributed by atoms with Crippen molar-refractivity contribution in [3.8, 4) is 16.9 Å². The van der Waals surface area contributed by atoms with Crippen LogP contribution in [0.3, 0.4) is 0 Å². The van der Waals surface area contributed by atoms with Gasteiger partial charge in [-0.3, -0.25) is 0 Å². The topological polar surface area (TPSA) is 60.2 Å². The largest absolute Gasteiger partial charge is 0.490 e. The second kappa shape index (κ2) is 6.49. The summed E-state index contributed by atoms with van der Waals surface area (Å²) in [6.45, 7) is 2.08. The lowest BCUT2D eigenvalue weighted by Crippen LogP contribution is -2.34. The standard InChI is InChI=1S/C20H21N3O/c21-20-19-6-3-15(13-16(19)7-12-23-20)14-1-4-17(5-2-14)24-18-8-10-22-11-9-18/h1-7,12-13,18,22H,8-11H2,(H2,21,23). The molecule has 0 atom stereocenters. The van der Waals surface area contributed by atoms with Crippen LogP contribution in [-0.2, 0) is 0 Å². The van der Waals surface area contributed by atoms with Gasteiger partial charge in [-0.25, -0.2) is 4.98 Å². The van der Waals surface area contributed by atoms with E-state index in [0.29, 0.717) is 11.9 Å². The Morgan fingerprint density at radius 3 is 2.50 bits per heavy atom. The molecule has 0 saturated carbocycles. The Kier molecular flexibility index (Phi) is 4.05. The van der Waals surface area contributed by atoms with E-state index in [2.05, 4.69) is 46.7 Å². The second-order valence-electron chi connectivity index (χ2n) is 6.22. The van der Waals surface area contributed by atoms with Gasteiger partial charge in [-0.15, -0.1) is 0 Å². The summed E-state index contributed by atoms with van der Waals surface area (Å²) < 4.78 is 6.07. The number of nitrogens with zero attached hydrogens (tertiary/aromatic N) is 1. The van der Waals surface area contributed by atoms with E-state index in [1.807, 2.05) is 12.1 Å². The first-order valence-electron chi connectivity index (χ1n) is 8.42. The van der Waals surface area contributed by atoms with Crippen LogP contribution in [0.4, 0.5) is 5.82 Å². The number of pyridine rings is 1. The van der Waals surface area contributed by atoms with E-state index in [1.165, 1.54) is 11.1 Å². The Bertz CT molecular complexity index is 839. The van der Waals surface area contributed by atoms with Crippen molar-refractivity contribution >= 4 is 16.6 Å². The molecule has 0 aliphatic carbocycles. The Hall–Kier alpha value is -2.59. The van der Waals surface area contributed by atoms with E-state index in [9.17, 15) is 0 Å². The lowest BCUT2D eigenvalue weighted by atomic mass is 10.0. The van der Waals surface area contributed by atoms with E-state index in [0.717, 1.165) is 42.5 Å². The molecular formula is C20H21N3O. The van der Waals surface area contributed by atoms with E-state index in [-0.39, 0.29) is 0 Å². The second-order valence-corrected chi connectivity index (χ2v) is 6.22. The first kappa shape index (κ1) is 15.0. The van der Waals surface area contributed by atoms with Crippen LogP contribution in [0.15, 0.2) is 54.7 Å². The Morgan fingerprint density at radius 2 is 1.71 bits per heavy atom. The molecule has 122 valence electrons. The zero-order chi connectivity index (χ0) is 16.4. The normalized spacial score (nSPS) is 15.5. The van der Waals surface area contributed by atoms with Crippen molar-refractivity contribution < 1.29 is 4.74 Å². The number of anilines is 1. The first-order valence-corrected chi connectivity index (χ1v) is 8.42. The number of piperidine rings is 1. The number of nitrogens with two attached hydrogens (primary N) is 1. The zero-order valence-electron chi connectivity index (χ0n) is 13.5. The average Bonchev–Trinajstić information content (AvgIpc) is 2.63. The molecule has 0 radical (unpaired) electrons. The summed E-state index contributed by atoms with van der Waals surface area (Å²) >= 11 is 0. The molecule has 3 aromatic rings. The van der Waals surface area contributed by atoms with Crippen LogP contribution < -0.4 is 15.8 Å². The lowest BCUT2D eigenvalue weighted by molar-refractivity contribution is 0.162. The van der Waals surface area contributed by atoms with Gasteiger partial charge in [0.2, 0.25) is 0 Å². The van der Waals surface area contributed by atoms with Gasteiger partial charge in [0.25, 0.3) is 0 Å². The van der Waals surface area contributed by atoms with Gasteiger partial charge in [-0.05, 0) is 66.7 Å². The zero-order valence-corrected chi connectivity index (χ0v) is 13.5. The number of nitrogens with one attached hydrogen (secondary N) is 1. The number of ether oxygens (including phenoxy) is 1. The van der Waals surface area contributed by atoms with Crippen LogP contribution in [0.1, 0.15) is 12.8 Å². The highest BCUT2D eigenvalue weighted by Crippen LogP contribution is 2.28. The molecule has 1 aliphatic heterocycles. The predicted molar refractivity (Wildman–Crippen MR) is 98.1 cm³/mol. The maximum atomic E-state index is 6.07. The van der Waals surface area contributed by atoms with E-state index in [4.69, 9.17) is 10.5 Å². The number of hydrogen-bond acceptors (Lipinski definition) is 4. The predicted octanol–water partition coefficient (Wildman–Crippen LogP) is 3.61. The maximum Gasteiger partial charge on any atom is 0.131 e. The Balaban J connectivity index is 1.56. The molecule has 4 nitrogen and oxygen atoms in total. The highest BCUT2D eigenvalue weighted by Gasteiger charge is 2.14. The van der Waals surface area contributed by atoms with E-state index in [1.54, 1.807) is 6.20 Å². The molecule has 1 saturated heterocycles. The van der Waals surface area contributed by atoms with Crippen LogP contribution >= 0.6 is 0 Å². The van der Waals surface area contributed by atoms with Gasteiger partial charge < -0.3 is 15.8 Å². The van der Waals surface area contributed by atoms with Gasteiger partial charge in [0, 0.05) is 11.6 Å². The Morgan fingerprint density at radius 1 is 0.958 bits per heavy atom. The van der Waals surface area contributed by atoms with Gasteiger partial charge in [-0.1, -0.05) is 24.3 Å². The fourth-order valence-corrected chi connectivity index (χ4v) is 3.21. The maximum absolute atomic E-state index is 6.07. The molecular weight excluding hydrogens is 298 g/mol. The van der Waals surface area contributed by atoms with Crippen molar-refractivity contribution in [3.63, 3.8) is 0 Å². The van der Waals surface area contributed by atoms with Crippen LogP contribution in [0.25, 0.3) is 21.9 Å². The molecule has 24 heavy (non-hydrogen) atoms. The van der Waals surface area contributed by atoms with Crippen LogP contribution in [-0.4, -0.2) is 24.2 Å². The monoisotopic (exact) mass is 319 g/mol. The third kappa shape index (κ3) is 3.05. The number of rotatable bonds is 3. The molecule has 2 aromatic carbocycles. The van der Waals surface area contributed by atoms with Gasteiger partial charge in [0.05, 0.1) is 0 Å². The summed E-state index contributed by atoms with van der Waals surface area (Å²) in [4.78, 5) is 4.13. The fourth-order valence-electron chi connectivity index (χ4n) is 3.21. The number of benzene rings is 2. The summed E-state index contributed by atoms with van der Waals surface area (Å²) in [6.07, 6.45) is 4.22. The summed E-state index contributed by atoms with van der Waals surface area (Å²) in [6, 6.07) is 16.6. The molecule has 4 heteroatoms. The van der Waals surface area contributed by atoms with E-state index < -0.39 is 0 Å². The summed E-state index contributed by atoms with van der Waals surface area (Å²) in [5, 5.41) is 5.46. The van der Waals surface area contributed by atoms with Crippen molar-refractivity contribution in [2.45, 2.75) is 18.9 Å². The van der Waals surface area contributed by atoms with E-state index >= 15 is 0 Å². The number of hydrogen-bond donors (Lipinski definition) is 2. The van der Waals surface area contributed by atoms with Gasteiger partial charge in [0.1, 0.15) is 17.7 Å². The smallest absolute Gasteiger partial charge is 0.131 e. The average molecular weight is 319 g/mol. The summed E-state index contributed by atoms with van der Waals surface area (Å²) in [5.41, 5.74) is 8.26. The molecule has 0 spiro atoms. The van der Waals surface area contributed by atoms with Crippen LogP contribution in [0.2, 0.25) is 0 Å². The molecule has 0 amide bonds. The SMILES string of the molecule is Nc1nccc2cc(-c3ccc(OC4CCNCC4)cc3)ccc12. The molecule has 1 aliphatic rings. The quantitative estimate of drug-likeness (QED) is 0.774. The Labute approximate surface area is 141 Å². The van der Waals surface area contributed by atoms with Crippen molar-refractivity contribution in [1.29, 1.82) is 0 Å². The van der Waals surface area contributed by atoms with Crippen molar-refractivity contribution in [2.24, 2.45) is 0 Å². The highest BCUT2D eigenvalue weighted by molar-refractivity contribution is 5.93. The first-order chi connectivity index (χ1) is 11.8. The summed E-state index contributed by atoms with van der Waals surface area (Å²) in [7, 11) is 0. The van der Waals surface area contributed by atoms with Crippen molar-refractivity contribution in [1.82, 2.24) is 10.3 Å². The third-order valence-corrected chi connectivity index (χ3v) is 4.57. The lowest BCUT2D eigenvalue weighted by Gasteiger charge is -2.23.